The lowest BCUT2D eigenvalue weighted by Crippen LogP contribution is -2.17. The van der Waals surface area contributed by atoms with E-state index in [2.05, 4.69) is 15.0 Å². The lowest BCUT2D eigenvalue weighted by Gasteiger charge is -2.09. The van der Waals surface area contributed by atoms with Crippen molar-refractivity contribution in [3.63, 3.8) is 0 Å². The Balaban J connectivity index is 2.32. The fourth-order valence-electron chi connectivity index (χ4n) is 1.89. The summed E-state index contributed by atoms with van der Waals surface area (Å²) in [6.07, 6.45) is -4.69. The Bertz CT molecular complexity index is 625. The molecule has 0 bridgehead atoms. The molecular formula is C14H15F3N2OS. The molecule has 1 atom stereocenters. The van der Waals surface area contributed by atoms with Gasteiger partial charge in [-0.3, -0.25) is 0 Å². The van der Waals surface area contributed by atoms with E-state index in [0.717, 1.165) is 10.6 Å². The van der Waals surface area contributed by atoms with Crippen LogP contribution in [0.3, 0.4) is 0 Å². The Morgan fingerprint density at radius 3 is 2.67 bits per heavy atom. The molecule has 0 fully saturated rings. The number of benzene rings is 1. The van der Waals surface area contributed by atoms with E-state index < -0.39 is 6.36 Å². The Kier molecular flexibility index (Phi) is 4.53. The van der Waals surface area contributed by atoms with E-state index in [0.29, 0.717) is 10.6 Å². The minimum Gasteiger partial charge on any atom is -0.406 e. The third-order valence-corrected chi connectivity index (χ3v) is 4.36. The molecule has 0 saturated heterocycles. The summed E-state index contributed by atoms with van der Waals surface area (Å²) in [6.45, 7) is 3.90. The Morgan fingerprint density at radius 1 is 1.33 bits per heavy atom. The average molecular weight is 316 g/mol. The van der Waals surface area contributed by atoms with Crippen molar-refractivity contribution in [2.75, 3.05) is 7.05 Å². The van der Waals surface area contributed by atoms with Gasteiger partial charge in [-0.25, -0.2) is 4.98 Å². The summed E-state index contributed by atoms with van der Waals surface area (Å²) in [5.41, 5.74) is 1.48. The van der Waals surface area contributed by atoms with Gasteiger partial charge < -0.3 is 10.1 Å². The van der Waals surface area contributed by atoms with Gasteiger partial charge in [-0.2, -0.15) is 0 Å². The van der Waals surface area contributed by atoms with Crippen LogP contribution in [0.5, 0.6) is 5.75 Å². The molecule has 114 valence electrons. The van der Waals surface area contributed by atoms with Crippen molar-refractivity contribution in [2.24, 2.45) is 0 Å². The Morgan fingerprint density at radius 2 is 2.05 bits per heavy atom. The molecule has 21 heavy (non-hydrogen) atoms. The summed E-state index contributed by atoms with van der Waals surface area (Å²) in [5, 5.41) is 3.80. The maximum atomic E-state index is 12.3. The van der Waals surface area contributed by atoms with Gasteiger partial charge in [-0.05, 0) is 33.0 Å². The van der Waals surface area contributed by atoms with Crippen molar-refractivity contribution >= 4 is 11.3 Å². The fraction of sp³-hybridized carbons (Fsp3) is 0.357. The molecule has 0 radical (unpaired) electrons. The van der Waals surface area contributed by atoms with Crippen LogP contribution in [-0.4, -0.2) is 18.4 Å². The smallest absolute Gasteiger partial charge is 0.406 e. The van der Waals surface area contributed by atoms with Gasteiger partial charge in [0.1, 0.15) is 10.8 Å². The Labute approximate surface area is 124 Å². The van der Waals surface area contributed by atoms with E-state index in [9.17, 15) is 13.2 Å². The predicted octanol–water partition coefficient (Wildman–Crippen LogP) is 4.30. The van der Waals surface area contributed by atoms with Crippen LogP contribution >= 0.6 is 11.3 Å². The van der Waals surface area contributed by atoms with Crippen molar-refractivity contribution in [3.8, 4) is 16.3 Å². The summed E-state index contributed by atoms with van der Waals surface area (Å²) in [6, 6.07) is 6.00. The van der Waals surface area contributed by atoms with Gasteiger partial charge in [0.05, 0.1) is 5.69 Å². The van der Waals surface area contributed by atoms with Crippen molar-refractivity contribution in [1.82, 2.24) is 10.3 Å². The Hall–Kier alpha value is -1.60. The lowest BCUT2D eigenvalue weighted by molar-refractivity contribution is -0.274. The van der Waals surface area contributed by atoms with E-state index in [-0.39, 0.29) is 11.8 Å². The highest BCUT2D eigenvalue weighted by Crippen LogP contribution is 2.34. The number of aromatic nitrogens is 1. The average Bonchev–Trinajstić information content (AvgIpc) is 2.78. The monoisotopic (exact) mass is 316 g/mol. The van der Waals surface area contributed by atoms with Crippen LogP contribution < -0.4 is 10.1 Å². The van der Waals surface area contributed by atoms with Gasteiger partial charge in [0, 0.05) is 16.5 Å². The zero-order valence-electron chi connectivity index (χ0n) is 11.8. The topological polar surface area (TPSA) is 34.1 Å². The van der Waals surface area contributed by atoms with Crippen LogP contribution in [0.15, 0.2) is 24.3 Å². The summed E-state index contributed by atoms with van der Waals surface area (Å²) in [7, 11) is 1.85. The van der Waals surface area contributed by atoms with E-state index in [4.69, 9.17) is 0 Å². The molecule has 1 N–H and O–H groups in total. The van der Waals surface area contributed by atoms with Crippen molar-refractivity contribution in [3.05, 3.63) is 34.8 Å². The first-order chi connectivity index (χ1) is 9.80. The minimum atomic E-state index is -4.69. The SMILES string of the molecule is CNC(C)c1sc(-c2cccc(OC(F)(F)F)c2)nc1C. The molecule has 2 aromatic rings. The van der Waals surface area contributed by atoms with Crippen LogP contribution in [0.25, 0.3) is 10.6 Å². The number of hydrogen-bond acceptors (Lipinski definition) is 4. The summed E-state index contributed by atoms with van der Waals surface area (Å²) < 4.78 is 40.7. The van der Waals surface area contributed by atoms with Crippen LogP contribution in [0, 0.1) is 6.92 Å². The van der Waals surface area contributed by atoms with Gasteiger partial charge in [-0.1, -0.05) is 12.1 Å². The molecule has 1 aromatic carbocycles. The molecule has 2 rings (SSSR count). The molecular weight excluding hydrogens is 301 g/mol. The molecule has 1 unspecified atom stereocenters. The maximum Gasteiger partial charge on any atom is 0.573 e. The van der Waals surface area contributed by atoms with Crippen LogP contribution in [0.1, 0.15) is 23.5 Å². The second-order valence-electron chi connectivity index (χ2n) is 4.55. The van der Waals surface area contributed by atoms with E-state index in [1.807, 2.05) is 20.9 Å². The molecule has 7 heteroatoms. The first-order valence-electron chi connectivity index (χ1n) is 6.31. The largest absolute Gasteiger partial charge is 0.573 e. The molecule has 0 aliphatic rings. The van der Waals surface area contributed by atoms with Gasteiger partial charge in [0.2, 0.25) is 0 Å². The van der Waals surface area contributed by atoms with Crippen LogP contribution in [0.2, 0.25) is 0 Å². The van der Waals surface area contributed by atoms with Gasteiger partial charge in [0.15, 0.2) is 0 Å². The van der Waals surface area contributed by atoms with E-state index >= 15 is 0 Å². The first-order valence-corrected chi connectivity index (χ1v) is 7.12. The number of alkyl halides is 3. The number of rotatable bonds is 4. The molecule has 0 spiro atoms. The van der Waals surface area contributed by atoms with Crippen molar-refractivity contribution in [1.29, 1.82) is 0 Å². The summed E-state index contributed by atoms with van der Waals surface area (Å²) in [5.74, 6) is -0.240. The number of ether oxygens (including phenoxy) is 1. The van der Waals surface area contributed by atoms with Gasteiger partial charge in [-0.15, -0.1) is 24.5 Å². The zero-order valence-corrected chi connectivity index (χ0v) is 12.6. The highest BCUT2D eigenvalue weighted by Gasteiger charge is 2.31. The normalized spacial score (nSPS) is 13.2. The molecule has 1 heterocycles. The van der Waals surface area contributed by atoms with E-state index in [1.165, 1.54) is 29.5 Å². The third-order valence-electron chi connectivity index (χ3n) is 2.97. The zero-order chi connectivity index (χ0) is 15.6. The quantitative estimate of drug-likeness (QED) is 0.913. The molecule has 0 amide bonds. The highest BCUT2D eigenvalue weighted by atomic mass is 32.1. The molecule has 1 aromatic heterocycles. The number of halogens is 3. The van der Waals surface area contributed by atoms with Crippen molar-refractivity contribution in [2.45, 2.75) is 26.3 Å². The lowest BCUT2D eigenvalue weighted by atomic mass is 10.2. The van der Waals surface area contributed by atoms with Crippen LogP contribution in [0.4, 0.5) is 13.2 Å². The number of nitrogens with zero attached hydrogens (tertiary/aromatic N) is 1. The van der Waals surface area contributed by atoms with Gasteiger partial charge in [0.25, 0.3) is 0 Å². The second kappa shape index (κ2) is 6.03. The third kappa shape index (κ3) is 3.95. The first kappa shape index (κ1) is 15.8. The number of thiazole rings is 1. The predicted molar refractivity (Wildman–Crippen MR) is 76.4 cm³/mol. The maximum absolute atomic E-state index is 12.3. The number of aryl methyl sites for hydroxylation is 1. The molecule has 0 aliphatic carbocycles. The van der Waals surface area contributed by atoms with Crippen molar-refractivity contribution < 1.29 is 17.9 Å². The molecule has 0 saturated carbocycles. The fourth-order valence-corrected chi connectivity index (χ4v) is 3.01. The second-order valence-corrected chi connectivity index (χ2v) is 5.59. The number of hydrogen-bond donors (Lipinski definition) is 1. The van der Waals surface area contributed by atoms with E-state index in [1.54, 1.807) is 6.07 Å². The summed E-state index contributed by atoms with van der Waals surface area (Å²) >= 11 is 1.46. The highest BCUT2D eigenvalue weighted by molar-refractivity contribution is 7.15. The van der Waals surface area contributed by atoms with Crippen LogP contribution in [-0.2, 0) is 0 Å². The minimum absolute atomic E-state index is 0.144. The summed E-state index contributed by atoms with van der Waals surface area (Å²) in [4.78, 5) is 5.49. The number of nitrogens with one attached hydrogen (secondary N) is 1. The van der Waals surface area contributed by atoms with Gasteiger partial charge >= 0.3 is 6.36 Å². The standard InChI is InChI=1S/C14H15F3N2OS/c1-8(18-3)12-9(2)19-13(21-12)10-5-4-6-11(7-10)20-14(15,16)17/h4-8,18H,1-3H3. The molecule has 3 nitrogen and oxygen atoms in total. The molecule has 0 aliphatic heterocycles.